The molecule has 0 aliphatic rings. The van der Waals surface area contributed by atoms with Gasteiger partial charge in [0.1, 0.15) is 4.88 Å². The molecule has 0 aliphatic carbocycles. The van der Waals surface area contributed by atoms with Gasteiger partial charge in [0.2, 0.25) is 10.0 Å². The van der Waals surface area contributed by atoms with Crippen LogP contribution < -0.4 is 5.32 Å². The molecule has 3 rings (SSSR count). The van der Waals surface area contributed by atoms with E-state index in [4.69, 9.17) is 4.42 Å². The number of unbranched alkanes of at least 4 members (excludes halogenated alkanes) is 1. The van der Waals surface area contributed by atoms with Gasteiger partial charge in [0.15, 0.2) is 0 Å². The van der Waals surface area contributed by atoms with Crippen LogP contribution in [0.1, 0.15) is 40.8 Å². The summed E-state index contributed by atoms with van der Waals surface area (Å²) in [4.78, 5) is 17.7. The van der Waals surface area contributed by atoms with Gasteiger partial charge >= 0.3 is 6.01 Å². The van der Waals surface area contributed by atoms with Crippen LogP contribution in [0.2, 0.25) is 0 Å². The summed E-state index contributed by atoms with van der Waals surface area (Å²) in [5.41, 5.74) is 1.05. The first-order chi connectivity index (χ1) is 14.2. The van der Waals surface area contributed by atoms with Gasteiger partial charge in [0.05, 0.1) is 15.6 Å². The molecule has 0 spiro atoms. The number of nitrogens with one attached hydrogen (secondary N) is 1. The highest BCUT2D eigenvalue weighted by Crippen LogP contribution is 2.29. The first kappa shape index (κ1) is 22.1. The third kappa shape index (κ3) is 4.74. The van der Waals surface area contributed by atoms with Crippen LogP contribution in [-0.4, -0.2) is 47.4 Å². The van der Waals surface area contributed by atoms with E-state index in [1.54, 1.807) is 7.05 Å². The Hall–Kier alpha value is -2.63. The van der Waals surface area contributed by atoms with Crippen molar-refractivity contribution in [1.29, 1.82) is 0 Å². The summed E-state index contributed by atoms with van der Waals surface area (Å²) in [6, 6.07) is 5.68. The van der Waals surface area contributed by atoms with E-state index >= 15 is 0 Å². The summed E-state index contributed by atoms with van der Waals surface area (Å²) < 4.78 is 32.0. The molecule has 0 atom stereocenters. The number of nitrogens with zero attached hydrogens (tertiary/aromatic N) is 4. The quantitative estimate of drug-likeness (QED) is 0.559. The van der Waals surface area contributed by atoms with E-state index in [-0.39, 0.29) is 22.4 Å². The summed E-state index contributed by atoms with van der Waals surface area (Å²) in [5.74, 6) is -0.198. The molecule has 1 aromatic carbocycles. The zero-order valence-corrected chi connectivity index (χ0v) is 18.8. The third-order valence-corrected chi connectivity index (χ3v) is 7.33. The monoisotopic (exact) mass is 449 g/mol. The fraction of sp³-hybridized carbons (Fsp3) is 0.368. The zero-order chi connectivity index (χ0) is 21.9. The van der Waals surface area contributed by atoms with Gasteiger partial charge in [0.25, 0.3) is 11.8 Å². The van der Waals surface area contributed by atoms with Gasteiger partial charge in [-0.1, -0.05) is 18.4 Å². The number of thiazole rings is 1. The molecule has 1 N–H and O–H groups in total. The maximum Gasteiger partial charge on any atom is 0.322 e. The number of anilines is 1. The van der Waals surface area contributed by atoms with Crippen molar-refractivity contribution >= 4 is 33.3 Å². The number of aryl methyl sites for hydroxylation is 2. The molecule has 30 heavy (non-hydrogen) atoms. The summed E-state index contributed by atoms with van der Waals surface area (Å²) in [5, 5.41) is 11.2. The number of carbonyl (C=O) groups excluding carboxylic acids is 1. The molecule has 1 amide bonds. The Morgan fingerprint density at radius 1 is 1.20 bits per heavy atom. The molecule has 0 radical (unpaired) electrons. The van der Waals surface area contributed by atoms with Crippen molar-refractivity contribution in [2.24, 2.45) is 0 Å². The second-order valence-electron chi connectivity index (χ2n) is 6.72. The molecule has 9 nitrogen and oxygen atoms in total. The highest BCUT2D eigenvalue weighted by atomic mass is 32.2. The average Bonchev–Trinajstić information content (AvgIpc) is 3.31. The van der Waals surface area contributed by atoms with Crippen molar-refractivity contribution in [2.45, 2.75) is 38.5 Å². The zero-order valence-electron chi connectivity index (χ0n) is 17.2. The van der Waals surface area contributed by atoms with Gasteiger partial charge in [0, 0.05) is 19.2 Å². The lowest BCUT2D eigenvalue weighted by Crippen LogP contribution is -2.28. The maximum absolute atomic E-state index is 12.6. The third-order valence-electron chi connectivity index (χ3n) is 4.39. The lowest BCUT2D eigenvalue weighted by atomic mass is 10.2. The largest absolute Gasteiger partial charge is 0.402 e. The highest BCUT2D eigenvalue weighted by Gasteiger charge is 2.21. The fourth-order valence-corrected chi connectivity index (χ4v) is 4.77. The average molecular weight is 450 g/mol. The summed E-state index contributed by atoms with van der Waals surface area (Å²) in [7, 11) is -2.04. The predicted molar refractivity (Wildman–Crippen MR) is 114 cm³/mol. The van der Waals surface area contributed by atoms with Crippen LogP contribution in [0.5, 0.6) is 0 Å². The van der Waals surface area contributed by atoms with E-state index in [0.717, 1.165) is 28.4 Å². The first-order valence-electron chi connectivity index (χ1n) is 9.38. The molecule has 3 aromatic rings. The Morgan fingerprint density at radius 3 is 2.50 bits per heavy atom. The molecule has 0 unspecified atom stereocenters. The van der Waals surface area contributed by atoms with Gasteiger partial charge < -0.3 is 4.42 Å². The van der Waals surface area contributed by atoms with Crippen molar-refractivity contribution in [2.75, 3.05) is 18.9 Å². The maximum atomic E-state index is 12.6. The number of hydrogen-bond acceptors (Lipinski definition) is 8. The number of carbonyl (C=O) groups is 1. The Bertz CT molecular complexity index is 1140. The lowest BCUT2D eigenvalue weighted by Gasteiger charge is -2.16. The molecule has 0 fully saturated rings. The van der Waals surface area contributed by atoms with Gasteiger partial charge in [-0.15, -0.1) is 16.4 Å². The molecule has 11 heteroatoms. The van der Waals surface area contributed by atoms with Gasteiger partial charge in [-0.05, 0) is 44.5 Å². The molecule has 0 saturated heterocycles. The number of rotatable bonds is 8. The van der Waals surface area contributed by atoms with E-state index in [0.29, 0.717) is 6.54 Å². The van der Waals surface area contributed by atoms with Crippen molar-refractivity contribution in [3.63, 3.8) is 0 Å². The normalized spacial score (nSPS) is 11.8. The van der Waals surface area contributed by atoms with E-state index in [9.17, 15) is 13.2 Å². The fourth-order valence-electron chi connectivity index (χ4n) is 2.72. The van der Waals surface area contributed by atoms with Crippen LogP contribution in [-0.2, 0) is 10.0 Å². The molecule has 2 heterocycles. The van der Waals surface area contributed by atoms with Crippen LogP contribution in [0.15, 0.2) is 33.6 Å². The van der Waals surface area contributed by atoms with Gasteiger partial charge in [-0.3, -0.25) is 10.1 Å². The number of benzene rings is 1. The summed E-state index contributed by atoms with van der Waals surface area (Å²) >= 11 is 1.43. The molecule has 160 valence electrons. The van der Waals surface area contributed by atoms with E-state index in [2.05, 4.69) is 20.5 Å². The molecule has 0 saturated carbocycles. The molecular weight excluding hydrogens is 426 g/mol. The lowest BCUT2D eigenvalue weighted by molar-refractivity contribution is 0.102. The summed E-state index contributed by atoms with van der Waals surface area (Å²) in [6.07, 6.45) is 1.68. The number of amides is 1. The van der Waals surface area contributed by atoms with Crippen molar-refractivity contribution in [1.82, 2.24) is 19.5 Å². The Balaban J connectivity index is 1.70. The van der Waals surface area contributed by atoms with Crippen LogP contribution in [0.25, 0.3) is 10.8 Å². The standard InChI is InChI=1S/C19H23N5O4S2/c1-5-6-11-24(4)30(26,27)15-9-7-14(8-10-15)17(25)21-19-23-22-18(28-19)16-12(2)20-13(3)29-16/h7-10H,5-6,11H2,1-4H3,(H,21,23,25). The summed E-state index contributed by atoms with van der Waals surface area (Å²) in [6.45, 7) is 6.17. The number of sulfonamides is 1. The Morgan fingerprint density at radius 2 is 1.90 bits per heavy atom. The van der Waals surface area contributed by atoms with Gasteiger partial charge in [-0.2, -0.15) is 0 Å². The molecule has 2 aromatic heterocycles. The van der Waals surface area contributed by atoms with Crippen LogP contribution in [0.4, 0.5) is 6.01 Å². The second kappa shape index (κ2) is 9.02. The second-order valence-corrected chi connectivity index (χ2v) is 9.97. The van der Waals surface area contributed by atoms with Crippen molar-refractivity contribution in [3.05, 3.63) is 40.5 Å². The van der Waals surface area contributed by atoms with E-state index in [1.807, 2.05) is 20.8 Å². The van der Waals surface area contributed by atoms with Crippen molar-refractivity contribution < 1.29 is 17.6 Å². The topological polar surface area (TPSA) is 118 Å². The van der Waals surface area contributed by atoms with Gasteiger partial charge in [-0.25, -0.2) is 17.7 Å². The number of hydrogen-bond donors (Lipinski definition) is 1. The SMILES string of the molecule is CCCCN(C)S(=O)(=O)c1ccc(C(=O)Nc2nnc(-c3sc(C)nc3C)o2)cc1. The molecule has 0 aliphatic heterocycles. The van der Waals surface area contributed by atoms with Crippen LogP contribution in [0.3, 0.4) is 0 Å². The molecule has 0 bridgehead atoms. The number of aromatic nitrogens is 3. The Labute approximate surface area is 179 Å². The minimum absolute atomic E-state index is 0.0450. The highest BCUT2D eigenvalue weighted by molar-refractivity contribution is 7.89. The van der Waals surface area contributed by atoms with E-state index < -0.39 is 15.9 Å². The van der Waals surface area contributed by atoms with Crippen LogP contribution in [0, 0.1) is 13.8 Å². The molecular formula is C19H23N5O4S2. The minimum Gasteiger partial charge on any atom is -0.402 e. The smallest absolute Gasteiger partial charge is 0.322 e. The predicted octanol–water partition coefficient (Wildman–Crippen LogP) is 3.48. The first-order valence-corrected chi connectivity index (χ1v) is 11.6. The van der Waals surface area contributed by atoms with Crippen molar-refractivity contribution in [3.8, 4) is 10.8 Å². The minimum atomic E-state index is -3.59. The van der Waals surface area contributed by atoms with Crippen LogP contribution >= 0.6 is 11.3 Å². The van der Waals surface area contributed by atoms with E-state index in [1.165, 1.54) is 39.9 Å². The Kier molecular flexibility index (Phi) is 6.64.